The first-order valence-corrected chi connectivity index (χ1v) is 5.51. The monoisotopic (exact) mass is 276 g/mol. The van der Waals surface area contributed by atoms with E-state index in [-0.39, 0.29) is 0 Å². The summed E-state index contributed by atoms with van der Waals surface area (Å²) >= 11 is 3.37. The van der Waals surface area contributed by atoms with Crippen LogP contribution < -0.4 is 0 Å². The van der Waals surface area contributed by atoms with Gasteiger partial charge in [-0.15, -0.1) is 0 Å². The normalized spacial score (nSPS) is 10.1. The van der Waals surface area contributed by atoms with Crippen molar-refractivity contribution in [3.8, 4) is 11.8 Å². The van der Waals surface area contributed by atoms with Gasteiger partial charge in [0.2, 0.25) is 0 Å². The smallest absolute Gasteiger partial charge is 0.148 e. The molecule has 2 rings (SSSR count). The van der Waals surface area contributed by atoms with Crippen LogP contribution >= 0.6 is 15.9 Å². The Labute approximate surface area is 102 Å². The lowest BCUT2D eigenvalue weighted by Gasteiger charge is -2.04. The largest absolute Gasteiger partial charge is 0.218 e. The van der Waals surface area contributed by atoms with Crippen LogP contribution in [0.25, 0.3) is 5.69 Å². The van der Waals surface area contributed by atoms with Crippen molar-refractivity contribution in [2.45, 2.75) is 13.8 Å². The zero-order valence-electron chi connectivity index (χ0n) is 8.90. The summed E-state index contributed by atoms with van der Waals surface area (Å²) < 4.78 is 2.58. The minimum Gasteiger partial charge on any atom is -0.218 e. The Morgan fingerprint density at radius 1 is 1.31 bits per heavy atom. The molecule has 1 aromatic heterocycles. The van der Waals surface area contributed by atoms with Crippen molar-refractivity contribution < 1.29 is 0 Å². The van der Waals surface area contributed by atoms with Crippen LogP contribution in [-0.4, -0.2) is 14.8 Å². The van der Waals surface area contributed by atoms with Gasteiger partial charge in [-0.25, -0.2) is 9.67 Å². The molecule has 4 nitrogen and oxygen atoms in total. The highest BCUT2D eigenvalue weighted by atomic mass is 79.9. The molecule has 0 unspecified atom stereocenters. The first-order chi connectivity index (χ1) is 7.60. The third-order valence-corrected chi connectivity index (χ3v) is 2.59. The summed E-state index contributed by atoms with van der Waals surface area (Å²) in [6.45, 7) is 3.72. The topological polar surface area (TPSA) is 54.5 Å². The molecule has 0 saturated heterocycles. The first-order valence-electron chi connectivity index (χ1n) is 4.71. The molecule has 1 heterocycles. The predicted molar refractivity (Wildman–Crippen MR) is 63.2 cm³/mol. The van der Waals surface area contributed by atoms with E-state index in [1.165, 1.54) is 0 Å². The maximum absolute atomic E-state index is 8.89. The van der Waals surface area contributed by atoms with E-state index >= 15 is 0 Å². The Kier molecular flexibility index (Phi) is 2.75. The fraction of sp³-hybridized carbons (Fsp3) is 0.182. The number of hydrogen-bond donors (Lipinski definition) is 0. The van der Waals surface area contributed by atoms with Crippen LogP contribution in [0, 0.1) is 25.2 Å². The number of rotatable bonds is 1. The SMILES string of the molecule is Cc1nc(C)n(-c2cc(Br)cc(C#N)c2)n1. The Morgan fingerprint density at radius 2 is 2.06 bits per heavy atom. The molecule has 0 fully saturated rings. The molecule has 0 N–H and O–H groups in total. The average molecular weight is 277 g/mol. The molecule has 0 spiro atoms. The summed E-state index contributed by atoms with van der Waals surface area (Å²) in [7, 11) is 0. The van der Waals surface area contributed by atoms with Crippen LogP contribution in [0.3, 0.4) is 0 Å². The Hall–Kier alpha value is -1.67. The van der Waals surface area contributed by atoms with Gasteiger partial charge in [0.15, 0.2) is 0 Å². The lowest BCUT2D eigenvalue weighted by Crippen LogP contribution is -1.99. The second-order valence-corrected chi connectivity index (χ2v) is 4.34. The molecular formula is C11H9BrN4. The van der Waals surface area contributed by atoms with E-state index in [1.54, 1.807) is 16.8 Å². The second-order valence-electron chi connectivity index (χ2n) is 3.43. The zero-order valence-corrected chi connectivity index (χ0v) is 10.5. The summed E-state index contributed by atoms with van der Waals surface area (Å²) in [4.78, 5) is 4.23. The van der Waals surface area contributed by atoms with Crippen molar-refractivity contribution >= 4 is 15.9 Å². The molecular weight excluding hydrogens is 268 g/mol. The van der Waals surface area contributed by atoms with E-state index < -0.39 is 0 Å². The molecule has 1 aromatic carbocycles. The number of benzene rings is 1. The number of aromatic nitrogens is 3. The number of aryl methyl sites for hydroxylation is 2. The first kappa shape index (κ1) is 10.8. The number of hydrogen-bond acceptors (Lipinski definition) is 3. The molecule has 2 aromatic rings. The van der Waals surface area contributed by atoms with E-state index in [0.717, 1.165) is 21.8 Å². The molecule has 0 saturated carbocycles. The summed E-state index contributed by atoms with van der Waals surface area (Å²) in [5.74, 6) is 1.52. The van der Waals surface area contributed by atoms with E-state index in [2.05, 4.69) is 32.1 Å². The molecule has 80 valence electrons. The Bertz CT molecular complexity index is 580. The highest BCUT2D eigenvalue weighted by molar-refractivity contribution is 9.10. The minimum absolute atomic E-state index is 0.594. The third kappa shape index (κ3) is 1.97. The van der Waals surface area contributed by atoms with E-state index in [1.807, 2.05) is 19.9 Å². The molecule has 5 heteroatoms. The van der Waals surface area contributed by atoms with Crippen LogP contribution in [0.5, 0.6) is 0 Å². The van der Waals surface area contributed by atoms with Crippen LogP contribution in [-0.2, 0) is 0 Å². The van der Waals surface area contributed by atoms with Crippen LogP contribution in [0.2, 0.25) is 0 Å². The van der Waals surface area contributed by atoms with Gasteiger partial charge in [0.05, 0.1) is 17.3 Å². The van der Waals surface area contributed by atoms with Crippen molar-refractivity contribution in [2.75, 3.05) is 0 Å². The van der Waals surface area contributed by atoms with Crippen molar-refractivity contribution in [2.24, 2.45) is 0 Å². The number of halogens is 1. The maximum atomic E-state index is 8.89. The van der Waals surface area contributed by atoms with E-state index in [9.17, 15) is 0 Å². The molecule has 0 radical (unpaired) electrons. The van der Waals surface area contributed by atoms with Crippen molar-refractivity contribution in [1.82, 2.24) is 14.8 Å². The van der Waals surface area contributed by atoms with Crippen molar-refractivity contribution in [3.05, 3.63) is 39.9 Å². The van der Waals surface area contributed by atoms with Gasteiger partial charge in [-0.3, -0.25) is 0 Å². The van der Waals surface area contributed by atoms with Crippen molar-refractivity contribution in [1.29, 1.82) is 5.26 Å². The van der Waals surface area contributed by atoms with Gasteiger partial charge in [-0.2, -0.15) is 10.4 Å². The van der Waals surface area contributed by atoms with Gasteiger partial charge in [0.25, 0.3) is 0 Å². The fourth-order valence-electron chi connectivity index (χ4n) is 1.53. The summed E-state index contributed by atoms with van der Waals surface area (Å²) in [5.41, 5.74) is 1.43. The lowest BCUT2D eigenvalue weighted by atomic mass is 10.2. The standard InChI is InChI=1S/C11H9BrN4/c1-7-14-8(2)16(15-7)11-4-9(6-13)3-10(12)5-11/h3-5H,1-2H3. The fourth-order valence-corrected chi connectivity index (χ4v) is 2.01. The molecule has 16 heavy (non-hydrogen) atoms. The summed E-state index contributed by atoms with van der Waals surface area (Å²) in [5, 5.41) is 13.2. The molecule has 0 aliphatic rings. The van der Waals surface area contributed by atoms with Crippen molar-refractivity contribution in [3.63, 3.8) is 0 Å². The average Bonchev–Trinajstić information content (AvgIpc) is 2.57. The number of nitriles is 1. The van der Waals surface area contributed by atoms with Gasteiger partial charge < -0.3 is 0 Å². The molecule has 0 bridgehead atoms. The molecule has 0 atom stereocenters. The third-order valence-electron chi connectivity index (χ3n) is 2.13. The highest BCUT2D eigenvalue weighted by Gasteiger charge is 2.07. The van der Waals surface area contributed by atoms with E-state index in [0.29, 0.717) is 5.56 Å². The zero-order chi connectivity index (χ0) is 11.7. The number of nitrogens with zero attached hydrogens (tertiary/aromatic N) is 4. The predicted octanol–water partition coefficient (Wildman–Crippen LogP) is 2.52. The van der Waals surface area contributed by atoms with Gasteiger partial charge in [-0.05, 0) is 32.0 Å². The highest BCUT2D eigenvalue weighted by Crippen LogP contribution is 2.19. The lowest BCUT2D eigenvalue weighted by molar-refractivity contribution is 0.830. The molecule has 0 amide bonds. The Morgan fingerprint density at radius 3 is 2.62 bits per heavy atom. The molecule has 0 aliphatic carbocycles. The maximum Gasteiger partial charge on any atom is 0.148 e. The summed E-state index contributed by atoms with van der Waals surface area (Å²) in [6.07, 6.45) is 0. The molecule has 0 aliphatic heterocycles. The van der Waals surface area contributed by atoms with Gasteiger partial charge in [-0.1, -0.05) is 15.9 Å². The van der Waals surface area contributed by atoms with Crippen LogP contribution in [0.4, 0.5) is 0 Å². The van der Waals surface area contributed by atoms with E-state index in [4.69, 9.17) is 5.26 Å². The van der Waals surface area contributed by atoms with Gasteiger partial charge >= 0.3 is 0 Å². The van der Waals surface area contributed by atoms with Gasteiger partial charge in [0, 0.05) is 4.47 Å². The quantitative estimate of drug-likeness (QED) is 0.804. The Balaban J connectivity index is 2.60. The van der Waals surface area contributed by atoms with Crippen LogP contribution in [0.15, 0.2) is 22.7 Å². The minimum atomic E-state index is 0.594. The second kappa shape index (κ2) is 4.06. The van der Waals surface area contributed by atoms with Crippen LogP contribution in [0.1, 0.15) is 17.2 Å². The summed E-state index contributed by atoms with van der Waals surface area (Å²) in [6, 6.07) is 7.57. The van der Waals surface area contributed by atoms with Gasteiger partial charge in [0.1, 0.15) is 11.6 Å².